The van der Waals surface area contributed by atoms with Gasteiger partial charge in [0.2, 0.25) is 0 Å². The van der Waals surface area contributed by atoms with E-state index in [1.807, 2.05) is 18.2 Å². The first-order chi connectivity index (χ1) is 8.60. The molecule has 0 aromatic heterocycles. The summed E-state index contributed by atoms with van der Waals surface area (Å²) in [6, 6.07) is 5.88. The second-order valence-corrected chi connectivity index (χ2v) is 6.27. The molecule has 18 heavy (non-hydrogen) atoms. The molecule has 1 aliphatic rings. The first-order valence-electron chi connectivity index (χ1n) is 6.79. The molecule has 1 aromatic carbocycles. The fraction of sp³-hybridized carbons (Fsp3) is 0.600. The van der Waals surface area contributed by atoms with Crippen LogP contribution in [-0.4, -0.2) is 23.1 Å². The van der Waals surface area contributed by atoms with Crippen LogP contribution < -0.4 is 0 Å². The van der Waals surface area contributed by atoms with E-state index in [0.29, 0.717) is 11.2 Å². The van der Waals surface area contributed by atoms with Crippen molar-refractivity contribution < 1.29 is 5.11 Å². The van der Waals surface area contributed by atoms with Crippen molar-refractivity contribution in [2.24, 2.45) is 5.41 Å². The first kappa shape index (κ1) is 13.9. The molecule has 2 nitrogen and oxygen atoms in total. The van der Waals surface area contributed by atoms with Crippen LogP contribution in [0.5, 0.6) is 5.75 Å². The van der Waals surface area contributed by atoms with E-state index in [0.717, 1.165) is 29.7 Å². The van der Waals surface area contributed by atoms with Crippen LogP contribution in [0.3, 0.4) is 0 Å². The summed E-state index contributed by atoms with van der Waals surface area (Å²) >= 11 is 3.38. The standard InChI is InChI=1S/C15H22BrNO/c1-3-15(4-2)8-9-17(11-15)10-12-6-5-7-13(16)14(12)18/h5-7,18H,3-4,8-11H2,1-2H3. The highest BCUT2D eigenvalue weighted by Gasteiger charge is 2.34. The predicted molar refractivity (Wildman–Crippen MR) is 78.7 cm³/mol. The summed E-state index contributed by atoms with van der Waals surface area (Å²) in [7, 11) is 0. The number of phenolic OH excluding ortho intramolecular Hbond substituents is 1. The number of nitrogens with zero attached hydrogens (tertiary/aromatic N) is 1. The lowest BCUT2D eigenvalue weighted by molar-refractivity contribution is 0.234. The molecule has 0 radical (unpaired) electrons. The van der Waals surface area contributed by atoms with Gasteiger partial charge in [-0.05, 0) is 53.2 Å². The van der Waals surface area contributed by atoms with Crippen LogP contribution in [0.1, 0.15) is 38.7 Å². The van der Waals surface area contributed by atoms with Gasteiger partial charge < -0.3 is 5.11 Å². The molecule has 1 fully saturated rings. The van der Waals surface area contributed by atoms with Crippen LogP contribution in [0.15, 0.2) is 22.7 Å². The number of hydrogen-bond acceptors (Lipinski definition) is 2. The number of hydrogen-bond donors (Lipinski definition) is 1. The van der Waals surface area contributed by atoms with Crippen molar-refractivity contribution in [1.82, 2.24) is 4.90 Å². The second kappa shape index (κ2) is 5.62. The third-order valence-corrected chi connectivity index (χ3v) is 5.12. The topological polar surface area (TPSA) is 23.5 Å². The van der Waals surface area contributed by atoms with E-state index in [2.05, 4.69) is 34.7 Å². The van der Waals surface area contributed by atoms with Crippen LogP contribution in [0.25, 0.3) is 0 Å². The minimum atomic E-state index is 0.392. The van der Waals surface area contributed by atoms with Crippen molar-refractivity contribution in [3.63, 3.8) is 0 Å². The smallest absolute Gasteiger partial charge is 0.134 e. The second-order valence-electron chi connectivity index (χ2n) is 5.42. The van der Waals surface area contributed by atoms with E-state index >= 15 is 0 Å². The third kappa shape index (κ3) is 2.72. The number of likely N-dealkylation sites (tertiary alicyclic amines) is 1. The van der Waals surface area contributed by atoms with Gasteiger partial charge in [0.05, 0.1) is 4.47 Å². The van der Waals surface area contributed by atoms with Gasteiger partial charge in [-0.2, -0.15) is 0 Å². The Kier molecular flexibility index (Phi) is 4.33. The zero-order chi connectivity index (χ0) is 13.2. The molecule has 0 saturated carbocycles. The number of halogens is 1. The van der Waals surface area contributed by atoms with E-state index in [9.17, 15) is 5.11 Å². The lowest BCUT2D eigenvalue weighted by Crippen LogP contribution is -2.26. The fourth-order valence-corrected chi connectivity index (χ4v) is 3.33. The SMILES string of the molecule is CCC1(CC)CCN(Cc2cccc(Br)c2O)C1. The van der Waals surface area contributed by atoms with Crippen molar-refractivity contribution in [1.29, 1.82) is 0 Å². The Hall–Kier alpha value is -0.540. The molecule has 0 bridgehead atoms. The Bertz CT molecular complexity index is 415. The highest BCUT2D eigenvalue weighted by molar-refractivity contribution is 9.10. The van der Waals surface area contributed by atoms with Crippen molar-refractivity contribution in [2.75, 3.05) is 13.1 Å². The van der Waals surface area contributed by atoms with Gasteiger partial charge in [-0.3, -0.25) is 4.90 Å². The molecule has 0 unspecified atom stereocenters. The van der Waals surface area contributed by atoms with E-state index in [-0.39, 0.29) is 0 Å². The summed E-state index contributed by atoms with van der Waals surface area (Å²) in [5.74, 6) is 0.392. The van der Waals surface area contributed by atoms with Gasteiger partial charge in [0.1, 0.15) is 5.75 Å². The van der Waals surface area contributed by atoms with Gasteiger partial charge in [-0.15, -0.1) is 0 Å². The highest BCUT2D eigenvalue weighted by atomic mass is 79.9. The first-order valence-corrected chi connectivity index (χ1v) is 7.58. The van der Waals surface area contributed by atoms with Gasteiger partial charge in [0, 0.05) is 18.7 Å². The van der Waals surface area contributed by atoms with Crippen LogP contribution in [0, 0.1) is 5.41 Å². The zero-order valence-electron chi connectivity index (χ0n) is 11.2. The van der Waals surface area contributed by atoms with Crippen molar-refractivity contribution >= 4 is 15.9 Å². The van der Waals surface area contributed by atoms with Gasteiger partial charge in [0.15, 0.2) is 0 Å². The molecule has 3 heteroatoms. The minimum absolute atomic E-state index is 0.392. The molecule has 1 aromatic rings. The lowest BCUT2D eigenvalue weighted by atomic mass is 9.82. The Labute approximate surface area is 118 Å². The Morgan fingerprint density at radius 2 is 2.06 bits per heavy atom. The van der Waals surface area contributed by atoms with E-state index in [1.165, 1.54) is 19.3 Å². The molecule has 0 amide bonds. The van der Waals surface area contributed by atoms with Gasteiger partial charge in [0.25, 0.3) is 0 Å². The van der Waals surface area contributed by atoms with Crippen LogP contribution in [-0.2, 0) is 6.54 Å². The molecule has 2 rings (SSSR count). The molecule has 1 heterocycles. The molecular formula is C15H22BrNO. The summed E-state index contributed by atoms with van der Waals surface area (Å²) in [5, 5.41) is 10.0. The average Bonchev–Trinajstić information content (AvgIpc) is 2.79. The maximum absolute atomic E-state index is 10.0. The molecule has 0 aliphatic carbocycles. The van der Waals surface area contributed by atoms with E-state index < -0.39 is 0 Å². The van der Waals surface area contributed by atoms with Gasteiger partial charge in [-0.1, -0.05) is 26.0 Å². The number of rotatable bonds is 4. The molecular weight excluding hydrogens is 290 g/mol. The van der Waals surface area contributed by atoms with E-state index in [4.69, 9.17) is 0 Å². The molecule has 1 saturated heterocycles. The van der Waals surface area contributed by atoms with Crippen LogP contribution in [0.4, 0.5) is 0 Å². The lowest BCUT2D eigenvalue weighted by Gasteiger charge is -2.26. The average molecular weight is 312 g/mol. The molecule has 0 atom stereocenters. The third-order valence-electron chi connectivity index (χ3n) is 4.48. The molecule has 1 N–H and O–H groups in total. The summed E-state index contributed by atoms with van der Waals surface area (Å²) < 4.78 is 0.788. The van der Waals surface area contributed by atoms with E-state index in [1.54, 1.807) is 0 Å². The number of aromatic hydroxyl groups is 1. The summed E-state index contributed by atoms with van der Waals surface area (Å²) in [6.45, 7) is 7.75. The molecule has 100 valence electrons. The Morgan fingerprint density at radius 1 is 1.33 bits per heavy atom. The number of benzene rings is 1. The maximum atomic E-state index is 10.0. The quantitative estimate of drug-likeness (QED) is 0.902. The molecule has 1 aliphatic heterocycles. The highest BCUT2D eigenvalue weighted by Crippen LogP contribution is 2.38. The normalized spacial score (nSPS) is 19.3. The van der Waals surface area contributed by atoms with Crippen LogP contribution in [0.2, 0.25) is 0 Å². The Morgan fingerprint density at radius 3 is 2.67 bits per heavy atom. The monoisotopic (exact) mass is 311 g/mol. The largest absolute Gasteiger partial charge is 0.506 e. The summed E-state index contributed by atoms with van der Waals surface area (Å²) in [6.07, 6.45) is 3.80. The summed E-state index contributed by atoms with van der Waals surface area (Å²) in [5.41, 5.74) is 1.52. The Balaban J connectivity index is 2.06. The fourth-order valence-electron chi connectivity index (χ4n) is 2.92. The predicted octanol–water partition coefficient (Wildman–Crippen LogP) is 4.17. The number of phenols is 1. The number of para-hydroxylation sites is 1. The summed E-state index contributed by atoms with van der Waals surface area (Å²) in [4.78, 5) is 2.47. The van der Waals surface area contributed by atoms with Crippen molar-refractivity contribution in [3.8, 4) is 5.75 Å². The van der Waals surface area contributed by atoms with Crippen molar-refractivity contribution in [3.05, 3.63) is 28.2 Å². The minimum Gasteiger partial charge on any atom is -0.506 e. The maximum Gasteiger partial charge on any atom is 0.134 e. The van der Waals surface area contributed by atoms with Gasteiger partial charge in [-0.25, -0.2) is 0 Å². The van der Waals surface area contributed by atoms with Gasteiger partial charge >= 0.3 is 0 Å². The van der Waals surface area contributed by atoms with Crippen molar-refractivity contribution in [2.45, 2.75) is 39.7 Å². The molecule has 0 spiro atoms. The van der Waals surface area contributed by atoms with Crippen LogP contribution >= 0.6 is 15.9 Å². The zero-order valence-corrected chi connectivity index (χ0v) is 12.8.